The van der Waals surface area contributed by atoms with Crippen LogP contribution < -0.4 is 10.6 Å². The third-order valence-corrected chi connectivity index (χ3v) is 12.7. The first-order chi connectivity index (χ1) is 8.92. The quantitative estimate of drug-likeness (QED) is 0.724. The van der Waals surface area contributed by atoms with Crippen molar-refractivity contribution in [2.24, 2.45) is 0 Å². The molecule has 0 bridgehead atoms. The molecule has 18 heavy (non-hydrogen) atoms. The minimum Gasteiger partial charge on any atom is -0.0620 e. The predicted molar refractivity (Wildman–Crippen MR) is 86.4 cm³/mol. The molecule has 2 aromatic carbocycles. The van der Waals surface area contributed by atoms with Crippen molar-refractivity contribution in [1.82, 2.24) is 0 Å². The Morgan fingerprint density at radius 1 is 0.722 bits per heavy atom. The maximum absolute atomic E-state index is 2.36. The van der Waals surface area contributed by atoms with Gasteiger partial charge in [0.05, 0.1) is 21.4 Å². The summed E-state index contributed by atoms with van der Waals surface area (Å²) in [5, 5.41) is 3.24. The molecule has 92 valence electrons. The van der Waals surface area contributed by atoms with Crippen LogP contribution in [0.1, 0.15) is 12.8 Å². The number of benzene rings is 2. The summed E-state index contributed by atoms with van der Waals surface area (Å²) in [5.41, 5.74) is 0. The first-order valence-electron chi connectivity index (χ1n) is 6.66. The molecule has 2 aromatic rings. The van der Waals surface area contributed by atoms with Crippen LogP contribution in [0.4, 0.5) is 0 Å². The first-order valence-corrected chi connectivity index (χ1v) is 10.7. The lowest BCUT2D eigenvalue weighted by Crippen LogP contribution is -2.23. The summed E-state index contributed by atoms with van der Waals surface area (Å²) in [5.74, 6) is 0. The highest BCUT2D eigenvalue weighted by atomic mass is 32.1. The molecule has 1 fully saturated rings. The average Bonchev–Trinajstić information content (AvgIpc) is 2.50. The van der Waals surface area contributed by atoms with E-state index in [1.165, 1.54) is 25.2 Å². The van der Waals surface area contributed by atoms with E-state index in [9.17, 15) is 0 Å². The summed E-state index contributed by atoms with van der Waals surface area (Å²) in [6.45, 7) is -1.07. The van der Waals surface area contributed by atoms with Crippen molar-refractivity contribution >= 4 is 25.8 Å². The lowest BCUT2D eigenvalue weighted by molar-refractivity contribution is 0.895. The molecular formula is C16H19P2+. The van der Waals surface area contributed by atoms with Crippen molar-refractivity contribution in [3.8, 4) is 0 Å². The zero-order chi connectivity index (χ0) is 12.3. The smallest absolute Gasteiger partial charge is 0.0620 e. The fourth-order valence-electron chi connectivity index (χ4n) is 2.78. The standard InChI is InChI=1S/C16H19P2/c1-3-9-15(10-4-1)18(14-8-7-13-17-18)16-11-5-2-6-12-16/h1-6,9-12,17H,7-8,13-14H2/q+1. The van der Waals surface area contributed by atoms with Crippen LogP contribution in [0.5, 0.6) is 0 Å². The van der Waals surface area contributed by atoms with Crippen LogP contribution in [-0.4, -0.2) is 12.3 Å². The van der Waals surface area contributed by atoms with Gasteiger partial charge in [0.1, 0.15) is 10.6 Å². The number of hydrogen-bond acceptors (Lipinski definition) is 0. The fraction of sp³-hybridized carbons (Fsp3) is 0.250. The minimum atomic E-state index is -1.07. The van der Waals surface area contributed by atoms with E-state index in [0.717, 1.165) is 8.27 Å². The molecule has 1 atom stereocenters. The van der Waals surface area contributed by atoms with E-state index in [4.69, 9.17) is 0 Å². The van der Waals surface area contributed by atoms with E-state index in [1.54, 1.807) is 10.6 Å². The molecule has 0 spiro atoms. The Morgan fingerprint density at radius 2 is 1.28 bits per heavy atom. The summed E-state index contributed by atoms with van der Waals surface area (Å²) < 4.78 is 0. The Kier molecular flexibility index (Phi) is 3.78. The van der Waals surface area contributed by atoms with Gasteiger partial charge in [0.15, 0.2) is 0 Å². The highest BCUT2D eigenvalue weighted by Crippen LogP contribution is 2.74. The van der Waals surface area contributed by atoms with Gasteiger partial charge in [0.2, 0.25) is 0 Å². The molecule has 1 unspecified atom stereocenters. The van der Waals surface area contributed by atoms with E-state index < -0.39 is 6.95 Å². The highest BCUT2D eigenvalue weighted by molar-refractivity contribution is 8.38. The third kappa shape index (κ3) is 2.25. The van der Waals surface area contributed by atoms with Crippen LogP contribution in [0.3, 0.4) is 0 Å². The average molecular weight is 273 g/mol. The van der Waals surface area contributed by atoms with Gasteiger partial charge in [-0.2, -0.15) is 0 Å². The Hall–Kier alpha value is -0.700. The van der Waals surface area contributed by atoms with Gasteiger partial charge in [-0.15, -0.1) is 0 Å². The highest BCUT2D eigenvalue weighted by Gasteiger charge is 2.43. The van der Waals surface area contributed by atoms with Crippen LogP contribution in [0, 0.1) is 0 Å². The topological polar surface area (TPSA) is 0 Å². The second kappa shape index (κ2) is 5.52. The van der Waals surface area contributed by atoms with Gasteiger partial charge in [-0.05, 0) is 37.1 Å². The monoisotopic (exact) mass is 273 g/mol. The SMILES string of the molecule is c1ccc([P+]2(c3ccccc3)CCCCP2)cc1. The minimum absolute atomic E-state index is 1.07. The van der Waals surface area contributed by atoms with Crippen LogP contribution in [0.15, 0.2) is 60.7 Å². The molecule has 1 saturated heterocycles. The van der Waals surface area contributed by atoms with Crippen LogP contribution in [0.2, 0.25) is 0 Å². The molecule has 3 rings (SSSR count). The van der Waals surface area contributed by atoms with Gasteiger partial charge in [-0.25, -0.2) is 0 Å². The third-order valence-electron chi connectivity index (χ3n) is 3.70. The van der Waals surface area contributed by atoms with Crippen LogP contribution in [0.25, 0.3) is 0 Å². The molecule has 1 heterocycles. The van der Waals surface area contributed by atoms with Gasteiger partial charge >= 0.3 is 0 Å². The first kappa shape index (κ1) is 12.3. The zero-order valence-corrected chi connectivity index (χ0v) is 12.4. The van der Waals surface area contributed by atoms with Crippen LogP contribution in [-0.2, 0) is 0 Å². The van der Waals surface area contributed by atoms with E-state index in [2.05, 4.69) is 60.7 Å². The molecule has 0 radical (unpaired) electrons. The molecule has 0 aromatic heterocycles. The summed E-state index contributed by atoms with van der Waals surface area (Å²) in [6.07, 6.45) is 5.68. The lowest BCUT2D eigenvalue weighted by atomic mass is 10.4. The molecule has 1 aliphatic rings. The van der Waals surface area contributed by atoms with Crippen molar-refractivity contribution < 1.29 is 0 Å². The van der Waals surface area contributed by atoms with E-state index in [-0.39, 0.29) is 0 Å². The Labute approximate surface area is 112 Å². The summed E-state index contributed by atoms with van der Waals surface area (Å²) in [7, 11) is 1.13. The maximum Gasteiger partial charge on any atom is 0.101 e. The Bertz CT molecular complexity index is 446. The molecule has 0 nitrogen and oxygen atoms in total. The largest absolute Gasteiger partial charge is 0.101 e. The van der Waals surface area contributed by atoms with Crippen molar-refractivity contribution in [1.29, 1.82) is 0 Å². The molecule has 0 saturated carbocycles. The normalized spacial score (nSPS) is 19.8. The van der Waals surface area contributed by atoms with Crippen LogP contribution >= 0.6 is 15.2 Å². The lowest BCUT2D eigenvalue weighted by Gasteiger charge is -2.30. The Morgan fingerprint density at radius 3 is 1.72 bits per heavy atom. The van der Waals surface area contributed by atoms with E-state index in [1.807, 2.05) is 0 Å². The number of hydrogen-bond donors (Lipinski definition) is 0. The van der Waals surface area contributed by atoms with Gasteiger partial charge in [-0.3, -0.25) is 0 Å². The molecule has 1 aliphatic heterocycles. The van der Waals surface area contributed by atoms with Crippen molar-refractivity contribution in [3.63, 3.8) is 0 Å². The van der Waals surface area contributed by atoms with Gasteiger partial charge in [-0.1, -0.05) is 36.4 Å². The summed E-state index contributed by atoms with van der Waals surface area (Å²) >= 11 is 0. The second-order valence-corrected chi connectivity index (χ2v) is 12.0. The maximum atomic E-state index is 2.36. The molecule has 2 heteroatoms. The molecule has 0 amide bonds. The van der Waals surface area contributed by atoms with E-state index >= 15 is 0 Å². The van der Waals surface area contributed by atoms with Crippen molar-refractivity contribution in [3.05, 3.63) is 60.7 Å². The van der Waals surface area contributed by atoms with Crippen molar-refractivity contribution in [2.45, 2.75) is 12.8 Å². The fourth-order valence-corrected chi connectivity index (χ4v) is 11.5. The molecule has 0 N–H and O–H groups in total. The summed E-state index contributed by atoms with van der Waals surface area (Å²) in [4.78, 5) is 0. The van der Waals surface area contributed by atoms with Gasteiger partial charge < -0.3 is 0 Å². The van der Waals surface area contributed by atoms with Gasteiger partial charge in [0.25, 0.3) is 0 Å². The summed E-state index contributed by atoms with van der Waals surface area (Å²) in [6, 6.07) is 22.5. The molecule has 0 aliphatic carbocycles. The molecular weight excluding hydrogens is 254 g/mol. The van der Waals surface area contributed by atoms with E-state index in [0.29, 0.717) is 0 Å². The zero-order valence-electron chi connectivity index (χ0n) is 10.5. The van der Waals surface area contributed by atoms with Crippen molar-refractivity contribution in [2.75, 3.05) is 12.3 Å². The van der Waals surface area contributed by atoms with Gasteiger partial charge in [0, 0.05) is 6.16 Å². The predicted octanol–water partition coefficient (Wildman–Crippen LogP) is 4.04. The Balaban J connectivity index is 2.10. The number of rotatable bonds is 2. The second-order valence-electron chi connectivity index (χ2n) is 4.82.